The maximum absolute atomic E-state index is 12.8. The SMILES string of the molecule is CC/C=C\C/C=C\C/C=C\C/C=C\C/C=C\C/C=C\CCCCCCC(=O)OCC(COC(=O)CC/C=C\C/C=C\C/C=C\C/C=C\CC)OC(=O)CCCCC/C=C\C/C=C\C/C=C\C/C=C\C/C=C\CC. The fraction of sp³-hybridized carbons (Fsp3) is 0.507. The summed E-state index contributed by atoms with van der Waals surface area (Å²) in [5.74, 6) is -1.09. The summed E-state index contributed by atoms with van der Waals surface area (Å²) in [7, 11) is 0. The normalized spacial score (nSPS) is 13.5. The van der Waals surface area contributed by atoms with Gasteiger partial charge in [-0.1, -0.05) is 222 Å². The quantitative estimate of drug-likeness (QED) is 0.0262. The highest BCUT2D eigenvalue weighted by Crippen LogP contribution is 2.11. The number of hydrogen-bond donors (Lipinski definition) is 0. The molecule has 1 atom stereocenters. The van der Waals surface area contributed by atoms with E-state index in [0.717, 1.165) is 148 Å². The zero-order valence-electron chi connectivity index (χ0n) is 46.1. The summed E-state index contributed by atoms with van der Waals surface area (Å²) in [5.41, 5.74) is 0. The Labute approximate surface area is 446 Å². The molecule has 6 heteroatoms. The highest BCUT2D eigenvalue weighted by atomic mass is 16.6. The van der Waals surface area contributed by atoms with Crippen molar-refractivity contribution >= 4 is 17.9 Å². The molecule has 0 aliphatic rings. The van der Waals surface area contributed by atoms with Gasteiger partial charge in [0.05, 0.1) is 0 Å². The van der Waals surface area contributed by atoms with Gasteiger partial charge in [0.25, 0.3) is 0 Å². The first kappa shape index (κ1) is 67.5. The number of esters is 3. The molecule has 0 aliphatic heterocycles. The van der Waals surface area contributed by atoms with Gasteiger partial charge in [0.2, 0.25) is 0 Å². The Morgan fingerprint density at radius 3 is 0.849 bits per heavy atom. The van der Waals surface area contributed by atoms with E-state index in [4.69, 9.17) is 14.2 Å². The van der Waals surface area contributed by atoms with Crippen LogP contribution in [0.25, 0.3) is 0 Å². The first-order chi connectivity index (χ1) is 36.0. The first-order valence-corrected chi connectivity index (χ1v) is 28.3. The predicted octanol–water partition coefficient (Wildman–Crippen LogP) is 19.3. The maximum atomic E-state index is 12.8. The van der Waals surface area contributed by atoms with Gasteiger partial charge < -0.3 is 14.2 Å². The first-order valence-electron chi connectivity index (χ1n) is 28.3. The van der Waals surface area contributed by atoms with Crippen LogP contribution in [-0.4, -0.2) is 37.2 Å². The summed E-state index contributed by atoms with van der Waals surface area (Å²) >= 11 is 0. The molecule has 0 aromatic heterocycles. The van der Waals surface area contributed by atoms with Crippen molar-refractivity contribution in [3.63, 3.8) is 0 Å². The van der Waals surface area contributed by atoms with Gasteiger partial charge in [-0.2, -0.15) is 0 Å². The summed E-state index contributed by atoms with van der Waals surface area (Å²) in [5, 5.41) is 0. The van der Waals surface area contributed by atoms with E-state index >= 15 is 0 Å². The van der Waals surface area contributed by atoms with Crippen molar-refractivity contribution in [3.05, 3.63) is 182 Å². The third-order valence-electron chi connectivity index (χ3n) is 10.9. The Morgan fingerprint density at radius 2 is 0.521 bits per heavy atom. The number of rotatable bonds is 48. The van der Waals surface area contributed by atoms with Gasteiger partial charge in [0.15, 0.2) is 6.10 Å². The molecule has 0 aromatic carbocycles. The summed E-state index contributed by atoms with van der Waals surface area (Å²) in [4.78, 5) is 38.1. The van der Waals surface area contributed by atoms with Crippen LogP contribution in [-0.2, 0) is 28.6 Å². The van der Waals surface area contributed by atoms with Crippen molar-refractivity contribution in [1.82, 2.24) is 0 Å². The predicted molar refractivity (Wildman–Crippen MR) is 315 cm³/mol. The van der Waals surface area contributed by atoms with Crippen LogP contribution in [0, 0.1) is 0 Å². The molecule has 73 heavy (non-hydrogen) atoms. The standard InChI is InChI=1S/C67H100O6/c1-4-7-10-13-16-19-22-25-27-29-31-32-33-34-36-37-39-42-45-48-51-54-57-60-66(69)72-63-64(62-71-65(68)59-56-53-50-47-44-41-24-21-18-15-12-9-6-3)73-67(70)61-58-55-52-49-46-43-40-38-35-30-28-26-23-20-17-14-11-8-5-2/h7-12,16-21,25-28,31-32,34-36,38-39,41-44,46,50,53,64H,4-6,13-15,22-24,29-30,33,37,40,45,47-49,51-52,54-63H2,1-3H3/b10-7-,11-8-,12-9-,19-16-,20-17-,21-18-,27-25-,28-26-,32-31-,36-34-,38-35-,42-39-,44-41-,46-43-,53-50-. The lowest BCUT2D eigenvalue weighted by molar-refractivity contribution is -0.166. The molecular weight excluding hydrogens is 901 g/mol. The van der Waals surface area contributed by atoms with E-state index in [1.807, 2.05) is 12.2 Å². The van der Waals surface area contributed by atoms with Gasteiger partial charge in [0, 0.05) is 19.3 Å². The van der Waals surface area contributed by atoms with Crippen molar-refractivity contribution in [2.45, 2.75) is 207 Å². The van der Waals surface area contributed by atoms with Crippen LogP contribution in [0.2, 0.25) is 0 Å². The summed E-state index contributed by atoms with van der Waals surface area (Å²) in [6.07, 6.45) is 88.9. The highest BCUT2D eigenvalue weighted by Gasteiger charge is 2.19. The lowest BCUT2D eigenvalue weighted by Crippen LogP contribution is -2.30. The molecular formula is C67H100O6. The fourth-order valence-electron chi connectivity index (χ4n) is 6.78. The zero-order chi connectivity index (χ0) is 52.9. The third-order valence-corrected chi connectivity index (χ3v) is 10.9. The molecule has 0 heterocycles. The highest BCUT2D eigenvalue weighted by molar-refractivity contribution is 5.71. The molecule has 0 amide bonds. The van der Waals surface area contributed by atoms with E-state index in [1.54, 1.807) is 0 Å². The fourth-order valence-corrected chi connectivity index (χ4v) is 6.78. The molecule has 6 nitrogen and oxygen atoms in total. The molecule has 0 saturated carbocycles. The minimum absolute atomic E-state index is 0.137. The largest absolute Gasteiger partial charge is 0.462 e. The number of unbranched alkanes of at least 4 members (excludes halogenated alkanes) is 7. The van der Waals surface area contributed by atoms with E-state index in [9.17, 15) is 14.4 Å². The van der Waals surface area contributed by atoms with E-state index in [-0.39, 0.29) is 44.0 Å². The molecule has 0 radical (unpaired) electrons. The number of ether oxygens (including phenoxy) is 3. The second kappa shape index (κ2) is 59.1. The van der Waals surface area contributed by atoms with Crippen LogP contribution in [0.15, 0.2) is 182 Å². The second-order valence-corrected chi connectivity index (χ2v) is 17.7. The molecule has 1 unspecified atom stereocenters. The van der Waals surface area contributed by atoms with Gasteiger partial charge in [-0.15, -0.1) is 0 Å². The average Bonchev–Trinajstić information content (AvgIpc) is 3.39. The van der Waals surface area contributed by atoms with E-state index < -0.39 is 6.10 Å². The van der Waals surface area contributed by atoms with Gasteiger partial charge >= 0.3 is 17.9 Å². The number of carbonyl (C=O) groups excluding carboxylic acids is 3. The Hall–Kier alpha value is -5.49. The molecule has 404 valence electrons. The smallest absolute Gasteiger partial charge is 0.306 e. The molecule has 0 aliphatic carbocycles. The molecule has 0 spiro atoms. The van der Waals surface area contributed by atoms with Gasteiger partial charge in [-0.3, -0.25) is 14.4 Å². The molecule has 0 N–H and O–H groups in total. The van der Waals surface area contributed by atoms with Crippen molar-refractivity contribution in [2.24, 2.45) is 0 Å². The van der Waals surface area contributed by atoms with E-state index in [2.05, 4.69) is 191 Å². The van der Waals surface area contributed by atoms with E-state index in [1.165, 1.54) is 0 Å². The van der Waals surface area contributed by atoms with Gasteiger partial charge in [0.1, 0.15) is 13.2 Å². The van der Waals surface area contributed by atoms with Gasteiger partial charge in [-0.05, 0) is 141 Å². The molecule has 0 bridgehead atoms. The third kappa shape index (κ3) is 57.3. The van der Waals surface area contributed by atoms with Crippen molar-refractivity contribution < 1.29 is 28.6 Å². The second-order valence-electron chi connectivity index (χ2n) is 17.7. The Kier molecular flexibility index (Phi) is 54.6. The lowest BCUT2D eigenvalue weighted by Gasteiger charge is -2.18. The maximum Gasteiger partial charge on any atom is 0.306 e. The van der Waals surface area contributed by atoms with Crippen molar-refractivity contribution in [3.8, 4) is 0 Å². The van der Waals surface area contributed by atoms with Crippen LogP contribution in [0.5, 0.6) is 0 Å². The minimum Gasteiger partial charge on any atom is -0.462 e. The van der Waals surface area contributed by atoms with Crippen LogP contribution in [0.4, 0.5) is 0 Å². The Balaban J connectivity index is 4.58. The van der Waals surface area contributed by atoms with Crippen LogP contribution < -0.4 is 0 Å². The molecule has 0 aromatic rings. The minimum atomic E-state index is -0.847. The topological polar surface area (TPSA) is 78.9 Å². The number of carbonyl (C=O) groups is 3. The van der Waals surface area contributed by atoms with Crippen molar-refractivity contribution in [2.75, 3.05) is 13.2 Å². The van der Waals surface area contributed by atoms with E-state index in [0.29, 0.717) is 19.3 Å². The summed E-state index contributed by atoms with van der Waals surface area (Å²) in [6, 6.07) is 0. The zero-order valence-corrected chi connectivity index (χ0v) is 46.1. The van der Waals surface area contributed by atoms with Crippen LogP contribution in [0.1, 0.15) is 201 Å². The summed E-state index contributed by atoms with van der Waals surface area (Å²) in [6.45, 7) is 6.15. The number of hydrogen-bond acceptors (Lipinski definition) is 6. The monoisotopic (exact) mass is 1000 g/mol. The Morgan fingerprint density at radius 1 is 0.274 bits per heavy atom. The average molecular weight is 1000 g/mol. The molecule has 0 rings (SSSR count). The van der Waals surface area contributed by atoms with Crippen LogP contribution in [0.3, 0.4) is 0 Å². The van der Waals surface area contributed by atoms with Crippen molar-refractivity contribution in [1.29, 1.82) is 0 Å². The summed E-state index contributed by atoms with van der Waals surface area (Å²) < 4.78 is 16.7. The lowest BCUT2D eigenvalue weighted by atomic mass is 10.1. The Bertz CT molecular complexity index is 1770. The molecule has 0 saturated heterocycles. The van der Waals surface area contributed by atoms with Crippen LogP contribution >= 0.6 is 0 Å². The van der Waals surface area contributed by atoms with Gasteiger partial charge in [-0.25, -0.2) is 0 Å². The number of allylic oxidation sites excluding steroid dienone is 30. The molecule has 0 fully saturated rings.